The monoisotopic (exact) mass is 437 g/mol. The smallest absolute Gasteiger partial charge is 0.408 e. The summed E-state index contributed by atoms with van der Waals surface area (Å²) < 4.78 is 26.9. The number of rotatable bonds is 10. The second kappa shape index (κ2) is 10.9. The van der Waals surface area contributed by atoms with Crippen LogP contribution in [0.1, 0.15) is 22.5 Å². The lowest BCUT2D eigenvalue weighted by molar-refractivity contribution is -0.139. The van der Waals surface area contributed by atoms with Gasteiger partial charge < -0.3 is 29.3 Å². The Balaban J connectivity index is 1.98. The first-order chi connectivity index (χ1) is 14.3. The van der Waals surface area contributed by atoms with E-state index in [9.17, 15) is 24.4 Å². The zero-order valence-corrected chi connectivity index (χ0v) is 17.5. The molecule has 0 aromatic heterocycles. The highest BCUT2D eigenvalue weighted by molar-refractivity contribution is 7.53. The first-order valence-corrected chi connectivity index (χ1v) is 10.6. The number of hydrogen-bond donors (Lipinski definition) is 3. The summed E-state index contributed by atoms with van der Waals surface area (Å²) in [5.41, 5.74) is 1.64. The summed E-state index contributed by atoms with van der Waals surface area (Å²) in [6.07, 6.45) is -0.863. The van der Waals surface area contributed by atoms with Crippen LogP contribution in [-0.4, -0.2) is 42.5 Å². The van der Waals surface area contributed by atoms with Gasteiger partial charge in [-0.3, -0.25) is 4.57 Å². The summed E-state index contributed by atoms with van der Waals surface area (Å²) >= 11 is 0. The summed E-state index contributed by atoms with van der Waals surface area (Å²) in [6, 6.07) is 13.9. The molecular formula is C20H24NO8P. The van der Waals surface area contributed by atoms with Crippen LogP contribution >= 0.6 is 7.60 Å². The normalized spacial score (nSPS) is 13.3. The van der Waals surface area contributed by atoms with Crippen molar-refractivity contribution >= 4 is 19.7 Å². The summed E-state index contributed by atoms with van der Waals surface area (Å²) in [6.45, 7) is 0.0185. The van der Waals surface area contributed by atoms with Crippen LogP contribution in [-0.2, 0) is 36.2 Å². The zero-order valence-electron chi connectivity index (χ0n) is 16.6. The van der Waals surface area contributed by atoms with Crippen LogP contribution in [0, 0.1) is 0 Å². The predicted octanol–water partition coefficient (Wildman–Crippen LogP) is 3.09. The molecule has 3 N–H and O–H groups in total. The quantitative estimate of drug-likeness (QED) is 0.483. The van der Waals surface area contributed by atoms with E-state index in [1.54, 1.807) is 36.4 Å². The summed E-state index contributed by atoms with van der Waals surface area (Å²) in [5.74, 6) is -2.71. The van der Waals surface area contributed by atoms with Gasteiger partial charge in [-0.05, 0) is 16.7 Å². The Morgan fingerprint density at radius 2 is 1.60 bits per heavy atom. The molecule has 2 aromatic carbocycles. The van der Waals surface area contributed by atoms with Crippen LogP contribution in [0.25, 0.3) is 0 Å². The van der Waals surface area contributed by atoms with Gasteiger partial charge in [-0.2, -0.15) is 0 Å². The summed E-state index contributed by atoms with van der Waals surface area (Å²) in [5, 5.41) is 21.9. The van der Waals surface area contributed by atoms with Crippen molar-refractivity contribution in [3.8, 4) is 0 Å². The third-order valence-electron chi connectivity index (χ3n) is 4.33. The van der Waals surface area contributed by atoms with Gasteiger partial charge in [0.05, 0.1) is 0 Å². The molecule has 0 heterocycles. The number of nitrogens with one attached hydrogen (secondary N) is 1. The van der Waals surface area contributed by atoms with E-state index < -0.39 is 31.5 Å². The molecule has 0 saturated heterocycles. The minimum Gasteiger partial charge on any atom is -0.480 e. The van der Waals surface area contributed by atoms with Crippen molar-refractivity contribution in [3.05, 3.63) is 71.3 Å². The first kappa shape index (κ1) is 23.6. The Bertz CT molecular complexity index is 879. The van der Waals surface area contributed by atoms with E-state index in [1.807, 2.05) is 6.07 Å². The molecule has 0 aliphatic rings. The molecule has 162 valence electrons. The molecule has 2 aromatic rings. The molecular weight excluding hydrogens is 413 g/mol. The van der Waals surface area contributed by atoms with E-state index >= 15 is 0 Å². The Morgan fingerprint density at radius 1 is 1.00 bits per heavy atom. The van der Waals surface area contributed by atoms with Gasteiger partial charge in [-0.25, -0.2) is 9.59 Å². The van der Waals surface area contributed by atoms with Gasteiger partial charge in [0.1, 0.15) is 12.6 Å². The number of amides is 1. The fourth-order valence-corrected chi connectivity index (χ4v) is 3.71. The highest BCUT2D eigenvalue weighted by Gasteiger charge is 2.33. The maximum atomic E-state index is 12.3. The van der Waals surface area contributed by atoms with Gasteiger partial charge in [0.15, 0.2) is 5.85 Å². The molecule has 0 spiro atoms. The molecule has 1 unspecified atom stereocenters. The van der Waals surface area contributed by atoms with Crippen LogP contribution in [0.4, 0.5) is 4.79 Å². The van der Waals surface area contributed by atoms with E-state index in [0.29, 0.717) is 5.56 Å². The van der Waals surface area contributed by atoms with Crippen molar-refractivity contribution in [1.29, 1.82) is 0 Å². The number of aliphatic carboxylic acids is 1. The zero-order chi connectivity index (χ0) is 22.1. The number of carbonyl (C=O) groups excluding carboxylic acids is 1. The number of ether oxygens (including phenoxy) is 1. The standard InChI is InChI=1S/C20H24NO8P/c1-27-30(26,28-2)19(24)16-10-8-14(9-11-16)12-17(18(22)23)21-20(25)29-13-15-6-4-3-5-7-15/h3-11,17,19,24H,12-13H2,1-2H3,(H,21,25)(H,22,23)/t17-,19?/m0/s1. The molecule has 0 saturated carbocycles. The van der Waals surface area contributed by atoms with Crippen molar-refractivity contribution in [2.75, 3.05) is 14.2 Å². The molecule has 10 heteroatoms. The van der Waals surface area contributed by atoms with Crippen molar-refractivity contribution in [2.24, 2.45) is 0 Å². The number of benzene rings is 2. The Kier molecular flexibility index (Phi) is 8.56. The van der Waals surface area contributed by atoms with Gasteiger partial charge in [0, 0.05) is 20.6 Å². The fraction of sp³-hybridized carbons (Fsp3) is 0.300. The van der Waals surface area contributed by atoms with Crippen molar-refractivity contribution in [1.82, 2.24) is 5.32 Å². The number of hydrogen-bond acceptors (Lipinski definition) is 7. The molecule has 9 nitrogen and oxygen atoms in total. The van der Waals surface area contributed by atoms with Gasteiger partial charge in [-0.1, -0.05) is 54.6 Å². The van der Waals surface area contributed by atoms with Gasteiger partial charge in [0.25, 0.3) is 0 Å². The molecule has 30 heavy (non-hydrogen) atoms. The van der Waals surface area contributed by atoms with Crippen LogP contribution < -0.4 is 5.32 Å². The number of alkyl carbamates (subject to hydrolysis) is 1. The largest absolute Gasteiger partial charge is 0.480 e. The third kappa shape index (κ3) is 6.40. The second-order valence-electron chi connectivity index (χ2n) is 6.32. The summed E-state index contributed by atoms with van der Waals surface area (Å²) in [7, 11) is -1.38. The molecule has 2 rings (SSSR count). The van der Waals surface area contributed by atoms with Crippen molar-refractivity contribution < 1.29 is 38.2 Å². The van der Waals surface area contributed by atoms with Gasteiger partial charge >= 0.3 is 19.7 Å². The maximum Gasteiger partial charge on any atom is 0.408 e. The number of aliphatic hydroxyl groups is 1. The topological polar surface area (TPSA) is 131 Å². The molecule has 0 radical (unpaired) electrons. The Labute approximate surface area is 174 Å². The minimum atomic E-state index is -3.72. The van der Waals surface area contributed by atoms with E-state index in [4.69, 9.17) is 13.8 Å². The first-order valence-electron chi connectivity index (χ1n) is 8.97. The average molecular weight is 437 g/mol. The fourth-order valence-electron chi connectivity index (χ4n) is 2.63. The van der Waals surface area contributed by atoms with Gasteiger partial charge in [0.2, 0.25) is 0 Å². The lowest BCUT2D eigenvalue weighted by Crippen LogP contribution is -2.42. The van der Waals surface area contributed by atoms with E-state index in [2.05, 4.69) is 5.32 Å². The van der Waals surface area contributed by atoms with Crippen molar-refractivity contribution in [2.45, 2.75) is 24.9 Å². The Morgan fingerprint density at radius 3 is 2.13 bits per heavy atom. The van der Waals surface area contributed by atoms with Crippen LogP contribution in [0.3, 0.4) is 0 Å². The van der Waals surface area contributed by atoms with E-state index in [0.717, 1.165) is 5.56 Å². The maximum absolute atomic E-state index is 12.3. The predicted molar refractivity (Wildman–Crippen MR) is 108 cm³/mol. The number of carboxylic acids is 1. The number of carboxylic acid groups (broad SMARTS) is 1. The SMILES string of the molecule is COP(=O)(OC)C(O)c1ccc(C[C@H](NC(=O)OCc2ccccc2)C(=O)O)cc1. The molecule has 0 bridgehead atoms. The minimum absolute atomic E-state index is 0.0155. The summed E-state index contributed by atoms with van der Waals surface area (Å²) in [4.78, 5) is 23.5. The molecule has 0 aliphatic carbocycles. The second-order valence-corrected chi connectivity index (χ2v) is 8.62. The molecule has 2 atom stereocenters. The van der Waals surface area contributed by atoms with Crippen LogP contribution in [0.5, 0.6) is 0 Å². The van der Waals surface area contributed by atoms with Crippen molar-refractivity contribution in [3.63, 3.8) is 0 Å². The highest BCUT2D eigenvalue weighted by Crippen LogP contribution is 2.58. The third-order valence-corrected chi connectivity index (χ3v) is 6.24. The average Bonchev–Trinajstić information content (AvgIpc) is 2.77. The molecule has 1 amide bonds. The Hall–Kier alpha value is -2.71. The van der Waals surface area contributed by atoms with Gasteiger partial charge in [-0.15, -0.1) is 0 Å². The lowest BCUT2D eigenvalue weighted by atomic mass is 10.0. The molecule has 0 fully saturated rings. The van der Waals surface area contributed by atoms with E-state index in [-0.39, 0.29) is 18.6 Å². The van der Waals surface area contributed by atoms with E-state index in [1.165, 1.54) is 26.4 Å². The number of aliphatic hydroxyl groups excluding tert-OH is 1. The highest BCUT2D eigenvalue weighted by atomic mass is 31.2. The van der Waals surface area contributed by atoms with Crippen LogP contribution in [0.15, 0.2) is 54.6 Å². The number of carbonyl (C=O) groups is 2. The van der Waals surface area contributed by atoms with Crippen LogP contribution in [0.2, 0.25) is 0 Å². The molecule has 0 aliphatic heterocycles. The lowest BCUT2D eigenvalue weighted by Gasteiger charge is -2.20.